The van der Waals surface area contributed by atoms with Crippen molar-refractivity contribution in [3.05, 3.63) is 71.0 Å². The molecule has 5 heteroatoms. The van der Waals surface area contributed by atoms with Crippen molar-refractivity contribution in [3.8, 4) is 0 Å². The Labute approximate surface area is 106 Å². The minimum absolute atomic E-state index is 0.0121. The van der Waals surface area contributed by atoms with Crippen molar-refractivity contribution in [2.45, 2.75) is 6.18 Å². The Bertz CT molecular complexity index is 603. The van der Waals surface area contributed by atoms with Crippen LogP contribution in [0.3, 0.4) is 0 Å². The smallest absolute Gasteiger partial charge is 0.288 e. The molecule has 0 amide bonds. The average molecular weight is 268 g/mol. The van der Waals surface area contributed by atoms with Crippen LogP contribution >= 0.6 is 0 Å². The molecule has 0 fully saturated rings. The van der Waals surface area contributed by atoms with E-state index < -0.39 is 28.9 Å². The van der Waals surface area contributed by atoms with Gasteiger partial charge in [0.15, 0.2) is 5.78 Å². The molecule has 0 bridgehead atoms. The summed E-state index contributed by atoms with van der Waals surface area (Å²) in [5.74, 6) is -2.16. The summed E-state index contributed by atoms with van der Waals surface area (Å²) in [5, 5.41) is 0. The molecule has 0 spiro atoms. The van der Waals surface area contributed by atoms with Crippen LogP contribution in [0.1, 0.15) is 21.5 Å². The molecule has 0 aliphatic heterocycles. The van der Waals surface area contributed by atoms with Gasteiger partial charge in [0.25, 0.3) is 0 Å². The van der Waals surface area contributed by atoms with Crippen LogP contribution in [0.2, 0.25) is 0 Å². The Hall–Kier alpha value is -2.17. The van der Waals surface area contributed by atoms with Crippen LogP contribution in [0, 0.1) is 5.82 Å². The van der Waals surface area contributed by atoms with Gasteiger partial charge in [0.05, 0.1) is 11.1 Å². The number of rotatable bonds is 2. The lowest BCUT2D eigenvalue weighted by molar-refractivity contribution is -0.138. The molecule has 0 N–H and O–H groups in total. The number of hydrogen-bond acceptors (Lipinski definition) is 1. The second-order valence-corrected chi connectivity index (χ2v) is 3.86. The van der Waals surface area contributed by atoms with Crippen molar-refractivity contribution in [3.63, 3.8) is 0 Å². The highest BCUT2D eigenvalue weighted by Gasteiger charge is 2.36. The van der Waals surface area contributed by atoms with E-state index in [1.165, 1.54) is 24.3 Å². The number of hydrogen-bond donors (Lipinski definition) is 0. The zero-order valence-corrected chi connectivity index (χ0v) is 9.54. The van der Waals surface area contributed by atoms with Crippen molar-refractivity contribution >= 4 is 5.78 Å². The van der Waals surface area contributed by atoms with E-state index in [2.05, 4.69) is 0 Å². The van der Waals surface area contributed by atoms with E-state index in [0.717, 1.165) is 12.1 Å². The first-order valence-corrected chi connectivity index (χ1v) is 5.36. The molecule has 0 radical (unpaired) electrons. The van der Waals surface area contributed by atoms with Gasteiger partial charge in [-0.1, -0.05) is 36.4 Å². The second-order valence-electron chi connectivity index (χ2n) is 3.86. The Balaban J connectivity index is 2.60. The number of ketones is 1. The fraction of sp³-hybridized carbons (Fsp3) is 0.0714. The molecule has 2 aromatic carbocycles. The zero-order valence-electron chi connectivity index (χ0n) is 9.54. The van der Waals surface area contributed by atoms with Gasteiger partial charge in [0.2, 0.25) is 0 Å². The summed E-state index contributed by atoms with van der Waals surface area (Å²) in [7, 11) is 0. The number of alkyl halides is 3. The fourth-order valence-corrected chi connectivity index (χ4v) is 1.73. The lowest BCUT2D eigenvalue weighted by atomic mass is 9.97. The largest absolute Gasteiger partial charge is 0.417 e. The third-order valence-corrected chi connectivity index (χ3v) is 2.58. The maximum Gasteiger partial charge on any atom is 0.417 e. The van der Waals surface area contributed by atoms with Crippen LogP contribution in [0.15, 0.2) is 48.5 Å². The molecule has 2 aromatic rings. The van der Waals surface area contributed by atoms with Crippen LogP contribution in [0.25, 0.3) is 0 Å². The average Bonchev–Trinajstić information content (AvgIpc) is 2.37. The molecule has 0 unspecified atom stereocenters. The summed E-state index contributed by atoms with van der Waals surface area (Å²) in [6.07, 6.45) is -4.78. The van der Waals surface area contributed by atoms with E-state index in [4.69, 9.17) is 0 Å². The summed E-state index contributed by atoms with van der Waals surface area (Å²) in [4.78, 5) is 12.0. The van der Waals surface area contributed by atoms with Gasteiger partial charge in [-0.2, -0.15) is 13.2 Å². The summed E-state index contributed by atoms with van der Waals surface area (Å²) < 4.78 is 52.0. The molecule has 1 nitrogen and oxygen atoms in total. The first-order chi connectivity index (χ1) is 8.91. The third-order valence-electron chi connectivity index (χ3n) is 2.58. The number of benzene rings is 2. The van der Waals surface area contributed by atoms with Crippen molar-refractivity contribution in [2.24, 2.45) is 0 Å². The predicted octanol–water partition coefficient (Wildman–Crippen LogP) is 4.08. The number of carbonyl (C=O) groups is 1. The van der Waals surface area contributed by atoms with Crippen molar-refractivity contribution in [1.82, 2.24) is 0 Å². The summed E-state index contributed by atoms with van der Waals surface area (Å²) in [6.45, 7) is 0. The molecule has 98 valence electrons. The fourth-order valence-electron chi connectivity index (χ4n) is 1.73. The highest BCUT2D eigenvalue weighted by molar-refractivity contribution is 6.10. The molecular formula is C14H8F4O. The highest BCUT2D eigenvalue weighted by Crippen LogP contribution is 2.34. The Morgan fingerprint density at radius 2 is 1.53 bits per heavy atom. The lowest BCUT2D eigenvalue weighted by Gasteiger charge is -2.12. The van der Waals surface area contributed by atoms with Crippen molar-refractivity contribution in [2.75, 3.05) is 0 Å². The van der Waals surface area contributed by atoms with Gasteiger partial charge < -0.3 is 0 Å². The van der Waals surface area contributed by atoms with Crippen LogP contribution in [-0.2, 0) is 6.18 Å². The van der Waals surface area contributed by atoms with Crippen molar-refractivity contribution < 1.29 is 22.4 Å². The molecule has 0 heterocycles. The van der Waals surface area contributed by atoms with E-state index >= 15 is 0 Å². The van der Waals surface area contributed by atoms with Gasteiger partial charge in [0.1, 0.15) is 5.82 Å². The minimum Gasteiger partial charge on any atom is -0.288 e. The van der Waals surface area contributed by atoms with Gasteiger partial charge in [-0.15, -0.1) is 0 Å². The third kappa shape index (κ3) is 2.65. The Morgan fingerprint density at radius 3 is 2.11 bits per heavy atom. The molecule has 0 aliphatic carbocycles. The quantitative estimate of drug-likeness (QED) is 0.592. The van der Waals surface area contributed by atoms with Gasteiger partial charge >= 0.3 is 6.18 Å². The standard InChI is InChI=1S/C14H8F4O/c15-11-8-4-7-10(14(16,17)18)12(11)13(19)9-5-2-1-3-6-9/h1-8H. The molecule has 0 aromatic heterocycles. The second kappa shape index (κ2) is 4.84. The van der Waals surface area contributed by atoms with Gasteiger partial charge in [-0.25, -0.2) is 4.39 Å². The van der Waals surface area contributed by atoms with Gasteiger partial charge in [0, 0.05) is 5.56 Å². The molecule has 2 rings (SSSR count). The molecule has 0 aliphatic rings. The molecule has 19 heavy (non-hydrogen) atoms. The number of halogens is 4. The topological polar surface area (TPSA) is 17.1 Å². The summed E-state index contributed by atoms with van der Waals surface area (Å²) >= 11 is 0. The normalized spacial score (nSPS) is 11.4. The van der Waals surface area contributed by atoms with Crippen molar-refractivity contribution in [1.29, 1.82) is 0 Å². The van der Waals surface area contributed by atoms with E-state index in [0.29, 0.717) is 6.07 Å². The maximum absolute atomic E-state index is 13.6. The van der Waals surface area contributed by atoms with Crippen LogP contribution < -0.4 is 0 Å². The van der Waals surface area contributed by atoms with Gasteiger partial charge in [-0.05, 0) is 12.1 Å². The van der Waals surface area contributed by atoms with Gasteiger partial charge in [-0.3, -0.25) is 4.79 Å². The monoisotopic (exact) mass is 268 g/mol. The lowest BCUT2D eigenvalue weighted by Crippen LogP contribution is -2.15. The first-order valence-electron chi connectivity index (χ1n) is 5.36. The molecule has 0 saturated carbocycles. The zero-order chi connectivity index (χ0) is 14.0. The van der Waals surface area contributed by atoms with E-state index in [-0.39, 0.29) is 5.56 Å². The van der Waals surface area contributed by atoms with E-state index in [1.54, 1.807) is 6.07 Å². The van der Waals surface area contributed by atoms with E-state index in [9.17, 15) is 22.4 Å². The SMILES string of the molecule is O=C(c1ccccc1)c1c(F)cccc1C(F)(F)F. The number of carbonyl (C=O) groups excluding carboxylic acids is 1. The van der Waals surface area contributed by atoms with E-state index in [1.807, 2.05) is 0 Å². The van der Waals surface area contributed by atoms with Crippen LogP contribution in [0.4, 0.5) is 17.6 Å². The Morgan fingerprint density at radius 1 is 0.895 bits per heavy atom. The molecular weight excluding hydrogens is 260 g/mol. The molecule has 0 saturated heterocycles. The first kappa shape index (κ1) is 13.3. The van der Waals surface area contributed by atoms with Crippen LogP contribution in [-0.4, -0.2) is 5.78 Å². The summed E-state index contributed by atoms with van der Waals surface area (Å²) in [6, 6.07) is 9.76. The maximum atomic E-state index is 13.6. The van der Waals surface area contributed by atoms with Crippen LogP contribution in [0.5, 0.6) is 0 Å². The predicted molar refractivity (Wildman–Crippen MR) is 61.3 cm³/mol. The molecule has 0 atom stereocenters. The highest BCUT2D eigenvalue weighted by atomic mass is 19.4. The summed E-state index contributed by atoms with van der Waals surface area (Å²) in [5.41, 5.74) is -2.19. The Kier molecular flexibility index (Phi) is 3.38. The minimum atomic E-state index is -4.78.